The molecule has 1 saturated heterocycles. The molecule has 3 rings (SSSR count). The van der Waals surface area contributed by atoms with Crippen LogP contribution in [0.5, 0.6) is 5.75 Å². The lowest BCUT2D eigenvalue weighted by molar-refractivity contribution is -0.139. The molecule has 0 amide bonds. The molecule has 2 aromatic carbocycles. The summed E-state index contributed by atoms with van der Waals surface area (Å²) in [6.07, 6.45) is 2.76. The summed E-state index contributed by atoms with van der Waals surface area (Å²) in [7, 11) is 1.58. The number of benzene rings is 2. The molecule has 0 spiro atoms. The highest BCUT2D eigenvalue weighted by atomic mass is 16.7. The zero-order valence-corrected chi connectivity index (χ0v) is 14.7. The number of esters is 1. The fourth-order valence-corrected chi connectivity index (χ4v) is 2.80. The van der Waals surface area contributed by atoms with Crippen molar-refractivity contribution in [2.24, 2.45) is 0 Å². The third kappa shape index (κ3) is 4.86. The van der Waals surface area contributed by atoms with Gasteiger partial charge in [-0.25, -0.2) is 4.79 Å². The average Bonchev–Trinajstić information content (AvgIpc) is 3.14. The van der Waals surface area contributed by atoms with E-state index in [9.17, 15) is 4.79 Å². The van der Waals surface area contributed by atoms with Gasteiger partial charge in [0.15, 0.2) is 6.79 Å². The number of hydrogen-bond donors (Lipinski definition) is 0. The maximum absolute atomic E-state index is 12.0. The Morgan fingerprint density at radius 1 is 1.15 bits per heavy atom. The van der Waals surface area contributed by atoms with Crippen LogP contribution in [0.25, 0.3) is 0 Å². The third-order valence-electron chi connectivity index (χ3n) is 4.05. The molecule has 5 nitrogen and oxygen atoms in total. The van der Waals surface area contributed by atoms with E-state index in [0.29, 0.717) is 12.2 Å². The van der Waals surface area contributed by atoms with Gasteiger partial charge in [0.2, 0.25) is 0 Å². The van der Waals surface area contributed by atoms with Gasteiger partial charge in [0, 0.05) is 19.1 Å². The Kier molecular flexibility index (Phi) is 6.28. The van der Waals surface area contributed by atoms with E-state index in [4.69, 9.17) is 18.9 Å². The number of hydrogen-bond acceptors (Lipinski definition) is 5. The molecular formula is C21H22O5. The van der Waals surface area contributed by atoms with Crippen LogP contribution in [0, 0.1) is 0 Å². The Bertz CT molecular complexity index is 754. The Hall–Kier alpha value is -2.79. The molecule has 136 valence electrons. The zero-order chi connectivity index (χ0) is 18.2. The summed E-state index contributed by atoms with van der Waals surface area (Å²) in [5.74, 6) is 0.968. The number of allylic oxidation sites excluding steroid dienone is 1. The van der Waals surface area contributed by atoms with Gasteiger partial charge in [-0.05, 0) is 18.1 Å². The van der Waals surface area contributed by atoms with Crippen molar-refractivity contribution in [1.82, 2.24) is 0 Å². The summed E-state index contributed by atoms with van der Waals surface area (Å²) < 4.78 is 21.8. The number of ether oxygens (including phenoxy) is 4. The first-order chi connectivity index (χ1) is 12.8. The molecule has 1 aliphatic rings. The molecule has 26 heavy (non-hydrogen) atoms. The van der Waals surface area contributed by atoms with Crippen LogP contribution < -0.4 is 4.74 Å². The largest absolute Gasteiger partial charge is 0.490 e. The van der Waals surface area contributed by atoms with E-state index >= 15 is 0 Å². The van der Waals surface area contributed by atoms with E-state index in [-0.39, 0.29) is 19.5 Å². The number of methoxy groups -OCH3 is 1. The predicted octanol–water partition coefficient (Wildman–Crippen LogP) is 4.15. The van der Waals surface area contributed by atoms with Crippen molar-refractivity contribution >= 4 is 5.97 Å². The summed E-state index contributed by atoms with van der Waals surface area (Å²) >= 11 is 0. The van der Waals surface area contributed by atoms with Crippen molar-refractivity contribution in [3.63, 3.8) is 0 Å². The molecule has 0 N–H and O–H groups in total. The standard InChI is InChI=1S/C21H22O5/c1-23-15-25-19-10-6-5-9-18(19)20-12-11-17(26-20)13-21(22)24-14-16-7-3-2-4-8-16/h2-10,13,20H,11-12,14-15H2,1H3/b17-13+. The molecule has 0 saturated carbocycles. The lowest BCUT2D eigenvalue weighted by atomic mass is 10.1. The minimum atomic E-state index is -0.395. The van der Waals surface area contributed by atoms with Crippen molar-refractivity contribution < 1.29 is 23.7 Å². The van der Waals surface area contributed by atoms with Gasteiger partial charge in [-0.3, -0.25) is 0 Å². The molecule has 1 aliphatic heterocycles. The summed E-state index contributed by atoms with van der Waals surface area (Å²) in [5.41, 5.74) is 1.90. The first-order valence-electron chi connectivity index (χ1n) is 8.55. The molecule has 1 atom stereocenters. The van der Waals surface area contributed by atoms with E-state index < -0.39 is 5.97 Å². The Morgan fingerprint density at radius 2 is 1.92 bits per heavy atom. The molecule has 0 bridgehead atoms. The monoisotopic (exact) mass is 354 g/mol. The lowest BCUT2D eigenvalue weighted by Gasteiger charge is -2.16. The van der Waals surface area contributed by atoms with Crippen LogP contribution in [-0.4, -0.2) is 19.9 Å². The third-order valence-corrected chi connectivity index (χ3v) is 4.05. The number of para-hydroxylation sites is 1. The SMILES string of the molecule is COCOc1ccccc1C1CC/C(=C\C(=O)OCc2ccccc2)O1. The Balaban J connectivity index is 1.58. The maximum atomic E-state index is 12.0. The molecule has 5 heteroatoms. The first-order valence-corrected chi connectivity index (χ1v) is 8.55. The zero-order valence-electron chi connectivity index (χ0n) is 14.7. The highest BCUT2D eigenvalue weighted by Crippen LogP contribution is 2.39. The van der Waals surface area contributed by atoms with Gasteiger partial charge < -0.3 is 18.9 Å². The van der Waals surface area contributed by atoms with Gasteiger partial charge in [-0.1, -0.05) is 48.5 Å². The van der Waals surface area contributed by atoms with Crippen LogP contribution in [0.1, 0.15) is 30.1 Å². The quantitative estimate of drug-likeness (QED) is 0.425. The second-order valence-corrected chi connectivity index (χ2v) is 5.94. The summed E-state index contributed by atoms with van der Waals surface area (Å²) in [6.45, 7) is 0.429. The van der Waals surface area contributed by atoms with E-state index in [2.05, 4.69) is 0 Å². The highest BCUT2D eigenvalue weighted by Gasteiger charge is 2.26. The smallest absolute Gasteiger partial charge is 0.334 e. The lowest BCUT2D eigenvalue weighted by Crippen LogP contribution is -2.05. The van der Waals surface area contributed by atoms with Crippen LogP contribution in [0.4, 0.5) is 0 Å². The second-order valence-electron chi connectivity index (χ2n) is 5.94. The van der Waals surface area contributed by atoms with Crippen molar-refractivity contribution in [2.45, 2.75) is 25.6 Å². The molecular weight excluding hydrogens is 332 g/mol. The van der Waals surface area contributed by atoms with E-state index in [1.807, 2.05) is 54.6 Å². The minimum absolute atomic E-state index is 0.142. The van der Waals surface area contributed by atoms with Crippen molar-refractivity contribution in [3.8, 4) is 5.75 Å². The van der Waals surface area contributed by atoms with E-state index in [0.717, 1.165) is 23.3 Å². The molecule has 2 aromatic rings. The van der Waals surface area contributed by atoms with Gasteiger partial charge in [0.05, 0.1) is 6.08 Å². The highest BCUT2D eigenvalue weighted by molar-refractivity contribution is 5.82. The number of rotatable bonds is 7. The number of carbonyl (C=O) groups is 1. The fourth-order valence-electron chi connectivity index (χ4n) is 2.80. The van der Waals surface area contributed by atoms with E-state index in [1.54, 1.807) is 7.11 Å². The van der Waals surface area contributed by atoms with Crippen LogP contribution >= 0.6 is 0 Å². The Labute approximate surface area is 153 Å². The normalized spacial score (nSPS) is 17.7. The van der Waals surface area contributed by atoms with Gasteiger partial charge >= 0.3 is 5.97 Å². The summed E-state index contributed by atoms with van der Waals surface area (Å²) in [5, 5.41) is 0. The average molecular weight is 354 g/mol. The van der Waals surface area contributed by atoms with Crippen LogP contribution in [0.2, 0.25) is 0 Å². The van der Waals surface area contributed by atoms with Crippen molar-refractivity contribution in [1.29, 1.82) is 0 Å². The molecule has 1 fully saturated rings. The van der Waals surface area contributed by atoms with Crippen LogP contribution in [0.15, 0.2) is 66.4 Å². The molecule has 0 aliphatic carbocycles. The van der Waals surface area contributed by atoms with Crippen LogP contribution in [0.3, 0.4) is 0 Å². The number of carbonyl (C=O) groups excluding carboxylic acids is 1. The second kappa shape index (κ2) is 9.06. The van der Waals surface area contributed by atoms with Gasteiger partial charge in [-0.15, -0.1) is 0 Å². The van der Waals surface area contributed by atoms with E-state index in [1.165, 1.54) is 6.08 Å². The van der Waals surface area contributed by atoms with Crippen molar-refractivity contribution in [3.05, 3.63) is 77.6 Å². The summed E-state index contributed by atoms with van der Waals surface area (Å²) in [6, 6.07) is 17.3. The van der Waals surface area contributed by atoms with Gasteiger partial charge in [-0.2, -0.15) is 0 Å². The predicted molar refractivity (Wildman–Crippen MR) is 96.3 cm³/mol. The molecule has 0 aromatic heterocycles. The molecule has 0 radical (unpaired) electrons. The van der Waals surface area contributed by atoms with Gasteiger partial charge in [0.25, 0.3) is 0 Å². The first kappa shape index (κ1) is 18.0. The van der Waals surface area contributed by atoms with Gasteiger partial charge in [0.1, 0.15) is 24.2 Å². The maximum Gasteiger partial charge on any atom is 0.334 e. The fraction of sp³-hybridized carbons (Fsp3) is 0.286. The van der Waals surface area contributed by atoms with Crippen molar-refractivity contribution in [2.75, 3.05) is 13.9 Å². The summed E-state index contributed by atoms with van der Waals surface area (Å²) in [4.78, 5) is 12.0. The molecule has 1 heterocycles. The Morgan fingerprint density at radius 3 is 2.73 bits per heavy atom. The molecule has 1 unspecified atom stereocenters. The van der Waals surface area contributed by atoms with Crippen LogP contribution in [-0.2, 0) is 25.6 Å². The topological polar surface area (TPSA) is 54.0 Å². The minimum Gasteiger partial charge on any atom is -0.490 e.